The van der Waals surface area contributed by atoms with Crippen LogP contribution in [0, 0.1) is 0 Å². The molecule has 2 aromatic rings. The minimum Gasteiger partial charge on any atom is -0.508 e. The molecule has 1 N–H and O–H groups in total. The van der Waals surface area contributed by atoms with Crippen LogP contribution >= 0.6 is 0 Å². The molecule has 0 saturated heterocycles. The van der Waals surface area contributed by atoms with Crippen LogP contribution in [0.25, 0.3) is 6.08 Å². The largest absolute Gasteiger partial charge is 0.508 e. The molecule has 0 spiro atoms. The van der Waals surface area contributed by atoms with Crippen LogP contribution in [0.2, 0.25) is 0 Å². The molecule has 1 heteroatoms. The molecule has 0 radical (unpaired) electrons. The zero-order valence-electron chi connectivity index (χ0n) is 9.01. The third-order valence-corrected chi connectivity index (χ3v) is 2.45. The van der Waals surface area contributed by atoms with Crippen molar-refractivity contribution in [2.24, 2.45) is 0 Å². The van der Waals surface area contributed by atoms with Crippen molar-refractivity contribution >= 4 is 6.08 Å². The fourth-order valence-corrected chi connectivity index (χ4v) is 1.62. The van der Waals surface area contributed by atoms with Gasteiger partial charge < -0.3 is 5.11 Å². The first kappa shape index (κ1) is 10.5. The number of aromatic hydroxyl groups is 1. The van der Waals surface area contributed by atoms with E-state index in [-0.39, 0.29) is 0 Å². The Bertz CT molecular complexity index is 472. The molecule has 16 heavy (non-hydrogen) atoms. The van der Waals surface area contributed by atoms with Crippen LogP contribution in [-0.4, -0.2) is 5.11 Å². The lowest BCUT2D eigenvalue weighted by molar-refractivity contribution is 0.475. The first-order valence-corrected chi connectivity index (χ1v) is 5.35. The lowest BCUT2D eigenvalue weighted by Crippen LogP contribution is -1.76. The summed E-state index contributed by atoms with van der Waals surface area (Å²) in [5.41, 5.74) is 2.84. The number of hydrogen-bond donors (Lipinski definition) is 1. The number of benzene rings is 2. The summed E-state index contributed by atoms with van der Waals surface area (Å²) in [6.07, 6.45) is 5.50. The van der Waals surface area contributed by atoms with Crippen LogP contribution in [0.4, 0.5) is 0 Å². The van der Waals surface area contributed by atoms with Crippen molar-refractivity contribution in [3.63, 3.8) is 0 Å². The minimum atomic E-state index is 0.322. The number of para-hydroxylation sites is 1. The Hall–Kier alpha value is -2.02. The van der Waals surface area contributed by atoms with Crippen molar-refractivity contribution in [2.45, 2.75) is 6.42 Å². The van der Waals surface area contributed by atoms with Gasteiger partial charge in [0.25, 0.3) is 0 Å². The van der Waals surface area contributed by atoms with E-state index >= 15 is 0 Å². The molecule has 2 aromatic carbocycles. The van der Waals surface area contributed by atoms with Crippen LogP contribution in [0.15, 0.2) is 60.7 Å². The molecule has 0 amide bonds. The first-order chi connectivity index (χ1) is 7.86. The Labute approximate surface area is 95.7 Å². The van der Waals surface area contributed by atoms with E-state index in [1.807, 2.05) is 6.07 Å². The summed E-state index contributed by atoms with van der Waals surface area (Å²) in [6.45, 7) is 0. The third kappa shape index (κ3) is 2.74. The van der Waals surface area contributed by atoms with Gasteiger partial charge in [0.1, 0.15) is 5.75 Å². The summed E-state index contributed by atoms with van der Waals surface area (Å²) >= 11 is 0. The summed E-state index contributed by atoms with van der Waals surface area (Å²) in [7, 11) is 0. The van der Waals surface area contributed by atoms with E-state index in [9.17, 15) is 0 Å². The van der Waals surface area contributed by atoms with Gasteiger partial charge in [-0.1, -0.05) is 54.6 Å². The van der Waals surface area contributed by atoms with Gasteiger partial charge in [0.2, 0.25) is 0 Å². The van der Waals surface area contributed by atoms with Crippen molar-refractivity contribution in [3.05, 3.63) is 71.8 Å². The molecule has 0 saturated carbocycles. The van der Waals surface area contributed by atoms with E-state index in [4.69, 9.17) is 5.11 Å². The molecule has 1 nitrogen and oxygen atoms in total. The van der Waals surface area contributed by atoms with Gasteiger partial charge >= 0.3 is 0 Å². The van der Waals surface area contributed by atoms with Crippen molar-refractivity contribution in [1.82, 2.24) is 0 Å². The van der Waals surface area contributed by atoms with E-state index in [1.54, 1.807) is 24.3 Å². The summed E-state index contributed by atoms with van der Waals surface area (Å²) in [5.74, 6) is 0.322. The highest BCUT2D eigenvalue weighted by Crippen LogP contribution is 2.17. The topological polar surface area (TPSA) is 20.2 Å². The molecular formula is C15H14O. The molecule has 0 aromatic heterocycles. The Morgan fingerprint density at radius 3 is 2.12 bits per heavy atom. The zero-order chi connectivity index (χ0) is 11.2. The Morgan fingerprint density at radius 2 is 1.50 bits per heavy atom. The second-order valence-electron chi connectivity index (χ2n) is 3.64. The van der Waals surface area contributed by atoms with Crippen LogP contribution in [0.1, 0.15) is 11.1 Å². The molecule has 0 fully saturated rings. The molecule has 0 aliphatic heterocycles. The summed E-state index contributed by atoms with van der Waals surface area (Å²) < 4.78 is 0. The number of hydrogen-bond acceptors (Lipinski definition) is 1. The molecule has 0 atom stereocenters. The van der Waals surface area contributed by atoms with E-state index in [2.05, 4.69) is 36.4 Å². The van der Waals surface area contributed by atoms with Crippen molar-refractivity contribution in [3.8, 4) is 5.75 Å². The van der Waals surface area contributed by atoms with Gasteiger partial charge in [0.15, 0.2) is 0 Å². The van der Waals surface area contributed by atoms with Gasteiger partial charge in [-0.15, -0.1) is 0 Å². The van der Waals surface area contributed by atoms with Gasteiger partial charge in [0, 0.05) is 0 Å². The molecule has 0 unspecified atom stereocenters. The number of fused-ring (bicyclic) bond motifs is 1. The maximum atomic E-state index is 8.63. The Balaban J connectivity index is 0.000000125. The van der Waals surface area contributed by atoms with E-state index < -0.39 is 0 Å². The highest BCUT2D eigenvalue weighted by Gasteiger charge is 2.00. The predicted octanol–water partition coefficient (Wildman–Crippen LogP) is 3.65. The maximum Gasteiger partial charge on any atom is 0.115 e. The number of rotatable bonds is 0. The average molecular weight is 210 g/mol. The highest BCUT2D eigenvalue weighted by molar-refractivity contribution is 5.59. The SMILES string of the molecule is C1=Cc2ccccc2C1.Oc1ccccc1. The lowest BCUT2D eigenvalue weighted by Gasteiger charge is -1.93. The summed E-state index contributed by atoms with van der Waals surface area (Å²) in [5, 5.41) is 8.63. The standard InChI is InChI=1S/C9H8.C6H6O/c1-2-5-9-7-3-6-8(9)4-1;7-6-4-2-1-3-5-6/h1-6H,7H2;1-5,7H. The predicted molar refractivity (Wildman–Crippen MR) is 67.3 cm³/mol. The van der Waals surface area contributed by atoms with Crippen LogP contribution < -0.4 is 0 Å². The first-order valence-electron chi connectivity index (χ1n) is 5.35. The normalized spacial score (nSPS) is 11.5. The molecule has 80 valence electrons. The van der Waals surface area contributed by atoms with E-state index in [0.29, 0.717) is 5.75 Å². The smallest absolute Gasteiger partial charge is 0.115 e. The molecule has 1 aliphatic carbocycles. The van der Waals surface area contributed by atoms with Crippen molar-refractivity contribution < 1.29 is 5.11 Å². The van der Waals surface area contributed by atoms with E-state index in [0.717, 1.165) is 6.42 Å². The molecule has 0 bridgehead atoms. The van der Waals surface area contributed by atoms with Crippen molar-refractivity contribution in [1.29, 1.82) is 0 Å². The lowest BCUT2D eigenvalue weighted by atomic mass is 10.1. The Morgan fingerprint density at radius 1 is 0.812 bits per heavy atom. The van der Waals surface area contributed by atoms with Gasteiger partial charge in [0.05, 0.1) is 0 Å². The van der Waals surface area contributed by atoms with Gasteiger partial charge in [-0.05, 0) is 29.7 Å². The van der Waals surface area contributed by atoms with Gasteiger partial charge in [-0.25, -0.2) is 0 Å². The Kier molecular flexibility index (Phi) is 3.39. The number of allylic oxidation sites excluding steroid dienone is 1. The highest BCUT2D eigenvalue weighted by atomic mass is 16.3. The number of phenols is 1. The quantitative estimate of drug-likeness (QED) is 0.703. The second-order valence-corrected chi connectivity index (χ2v) is 3.64. The average Bonchev–Trinajstić information content (AvgIpc) is 2.79. The van der Waals surface area contributed by atoms with Crippen molar-refractivity contribution in [2.75, 3.05) is 0 Å². The fourth-order valence-electron chi connectivity index (χ4n) is 1.62. The van der Waals surface area contributed by atoms with Crippen LogP contribution in [0.5, 0.6) is 5.75 Å². The van der Waals surface area contributed by atoms with Gasteiger partial charge in [-0.3, -0.25) is 0 Å². The summed E-state index contributed by atoms with van der Waals surface area (Å²) in [4.78, 5) is 0. The monoisotopic (exact) mass is 210 g/mol. The third-order valence-electron chi connectivity index (χ3n) is 2.45. The van der Waals surface area contributed by atoms with Gasteiger partial charge in [-0.2, -0.15) is 0 Å². The maximum absolute atomic E-state index is 8.63. The van der Waals surface area contributed by atoms with Crippen LogP contribution in [0.3, 0.4) is 0 Å². The molecular weight excluding hydrogens is 196 g/mol. The second kappa shape index (κ2) is 5.17. The number of phenolic OH excluding ortho intramolecular Hbond substituents is 1. The molecule has 1 aliphatic rings. The zero-order valence-corrected chi connectivity index (χ0v) is 9.01. The summed E-state index contributed by atoms with van der Waals surface area (Å²) in [6, 6.07) is 17.2. The molecule has 0 heterocycles. The fraction of sp³-hybridized carbons (Fsp3) is 0.0667. The van der Waals surface area contributed by atoms with E-state index in [1.165, 1.54) is 11.1 Å². The minimum absolute atomic E-state index is 0.322. The van der Waals surface area contributed by atoms with Crippen LogP contribution in [-0.2, 0) is 6.42 Å². The molecule has 3 rings (SSSR count).